The first-order chi connectivity index (χ1) is 22.6. The molecule has 0 aliphatic carbocycles. The number of aliphatic hydroxyl groups is 1. The first-order valence-corrected chi connectivity index (χ1v) is 18.3. The number of piperazine rings is 1. The fourth-order valence-corrected chi connectivity index (χ4v) is 7.57. The van der Waals surface area contributed by atoms with E-state index in [1.54, 1.807) is 18.9 Å². The Hall–Kier alpha value is -1.78. The Balaban J connectivity index is 1.42. The Morgan fingerprint density at radius 1 is 1.15 bits per heavy atom. The summed E-state index contributed by atoms with van der Waals surface area (Å²) >= 11 is 2.23. The van der Waals surface area contributed by atoms with Crippen molar-refractivity contribution in [3.05, 3.63) is 23.8 Å². The number of epoxide rings is 1. The van der Waals surface area contributed by atoms with E-state index < -0.39 is 18.1 Å². The molecule has 3 saturated heterocycles. The second-order valence-electron chi connectivity index (χ2n) is 14.2. The van der Waals surface area contributed by atoms with Crippen LogP contribution in [0.25, 0.3) is 0 Å². The molecule has 3 fully saturated rings. The number of aliphatic carboxylic acids is 1. The molecule has 3 aliphatic heterocycles. The van der Waals surface area contributed by atoms with Crippen LogP contribution in [0.3, 0.4) is 0 Å². The molecule has 13 heteroatoms. The van der Waals surface area contributed by atoms with Crippen LogP contribution < -0.4 is 5.32 Å². The van der Waals surface area contributed by atoms with Crippen molar-refractivity contribution in [3.8, 4) is 0 Å². The van der Waals surface area contributed by atoms with Gasteiger partial charge < -0.3 is 39.4 Å². The van der Waals surface area contributed by atoms with Gasteiger partial charge in [0, 0.05) is 62.1 Å². The number of carboxylic acid groups (broad SMARTS) is 1. The lowest BCUT2D eigenvalue weighted by atomic mass is 9.85. The van der Waals surface area contributed by atoms with Gasteiger partial charge in [0.2, 0.25) is 5.91 Å². The molecule has 2 amide bonds. The molecule has 0 saturated carbocycles. The maximum atomic E-state index is 12.9. The third-order valence-corrected chi connectivity index (χ3v) is 10.8. The van der Waals surface area contributed by atoms with E-state index in [0.29, 0.717) is 19.5 Å². The summed E-state index contributed by atoms with van der Waals surface area (Å²) in [6, 6.07) is -1.06. The number of aliphatic hydroxyl groups excluding tert-OH is 1. The van der Waals surface area contributed by atoms with Crippen LogP contribution in [0.5, 0.6) is 0 Å². The summed E-state index contributed by atoms with van der Waals surface area (Å²) in [5.41, 5.74) is 0.824. The summed E-state index contributed by atoms with van der Waals surface area (Å²) < 4.78 is 25.4. The highest BCUT2D eigenvalue weighted by Crippen LogP contribution is 2.47. The van der Waals surface area contributed by atoms with Crippen LogP contribution in [0.4, 0.5) is 4.79 Å². The van der Waals surface area contributed by atoms with E-state index in [1.807, 2.05) is 6.92 Å². The molecule has 0 aromatic heterocycles. The molecule has 3 rings (SSSR count). The number of amides is 2. The number of ether oxygens (including phenoxy) is 4. The number of carbonyl (C=O) groups excluding carboxylic acids is 2. The molecule has 1 unspecified atom stereocenters. The molecule has 0 aromatic carbocycles. The van der Waals surface area contributed by atoms with E-state index in [2.05, 4.69) is 77.2 Å². The number of nitrogens with one attached hydrogen (secondary N) is 1. The Morgan fingerprint density at radius 3 is 2.46 bits per heavy atom. The first-order valence-electron chi connectivity index (χ1n) is 17.4. The largest absolute Gasteiger partial charge is 0.480 e. The zero-order valence-corrected chi connectivity index (χ0v) is 31.9. The second kappa shape index (κ2) is 19.0. The number of methoxy groups -OCH3 is 1. The number of hydrogen-bond donors (Lipinski definition) is 3. The lowest BCUT2D eigenvalue weighted by molar-refractivity contribution is -0.143. The number of carbonyl (C=O) groups is 3. The van der Waals surface area contributed by atoms with Gasteiger partial charge in [-0.1, -0.05) is 39.0 Å². The van der Waals surface area contributed by atoms with Crippen molar-refractivity contribution in [2.75, 3.05) is 39.9 Å². The third kappa shape index (κ3) is 12.2. The lowest BCUT2D eigenvalue weighted by Crippen LogP contribution is -2.45. The Morgan fingerprint density at radius 2 is 1.83 bits per heavy atom. The summed E-state index contributed by atoms with van der Waals surface area (Å²) in [6.07, 6.45) is 7.72. The number of halogens is 1. The van der Waals surface area contributed by atoms with Gasteiger partial charge in [-0.3, -0.25) is 4.79 Å². The smallest absolute Gasteiger partial charge is 0.409 e. The molecule has 3 aliphatic rings. The minimum Gasteiger partial charge on any atom is -0.480 e. The summed E-state index contributed by atoms with van der Waals surface area (Å²) in [7, 11) is 1.62. The van der Waals surface area contributed by atoms with Crippen molar-refractivity contribution in [1.82, 2.24) is 13.3 Å². The van der Waals surface area contributed by atoms with Crippen LogP contribution >= 0.6 is 22.9 Å². The zero-order chi connectivity index (χ0) is 35.6. The molecule has 0 spiro atoms. The minimum absolute atomic E-state index is 0.0401. The van der Waals surface area contributed by atoms with E-state index in [-0.39, 0.29) is 79.2 Å². The number of carboxylic acids is 1. The number of rotatable bonds is 17. The standard InChI is InChI=1S/C35H58IN3O9/c1-22(21-35(6)32(48-35)25(4)31(45-7)26(5)40)10-8-11-23(2)30-24(3)13-14-27(47-30)20-29(41)37-28(33(42)43)12-9-19-46-34(44)38-15-17-39(36)18-16-38/h8,10-11,22,24-28,30-32,40H,9,12-21H2,1-7H3,(H,37,41)(H,42,43)/b10-8+,23-11+/t22-,24+,25-,26-,27-,28+,30-,31-,32-,35?/m1/s1. The maximum Gasteiger partial charge on any atom is 0.409 e. The molecule has 0 radical (unpaired) electrons. The van der Waals surface area contributed by atoms with Gasteiger partial charge in [0.1, 0.15) is 6.04 Å². The fourth-order valence-electron chi connectivity index (χ4n) is 7.14. The monoisotopic (exact) mass is 791 g/mol. The maximum absolute atomic E-state index is 12.9. The summed E-state index contributed by atoms with van der Waals surface area (Å²) in [4.78, 5) is 38.6. The second-order valence-corrected chi connectivity index (χ2v) is 15.5. The highest BCUT2D eigenvalue weighted by atomic mass is 127. The van der Waals surface area contributed by atoms with Gasteiger partial charge in [0.05, 0.1) is 49.1 Å². The van der Waals surface area contributed by atoms with Crippen molar-refractivity contribution < 1.29 is 43.5 Å². The van der Waals surface area contributed by atoms with Crippen molar-refractivity contribution in [1.29, 1.82) is 0 Å². The van der Waals surface area contributed by atoms with Gasteiger partial charge in [-0.15, -0.1) is 0 Å². The highest BCUT2D eigenvalue weighted by Gasteiger charge is 2.56. The molecular weight excluding hydrogens is 733 g/mol. The quantitative estimate of drug-likeness (QED) is 0.0621. The average Bonchev–Trinajstić information content (AvgIpc) is 3.69. The predicted molar refractivity (Wildman–Crippen MR) is 191 cm³/mol. The fraction of sp³-hybridized carbons (Fsp3) is 0.800. The molecule has 3 N–H and O–H groups in total. The summed E-state index contributed by atoms with van der Waals surface area (Å²) in [5.74, 6) is -0.837. The Bertz CT molecular complexity index is 1130. The Kier molecular flexibility index (Phi) is 16.1. The molecule has 0 aromatic rings. The van der Waals surface area contributed by atoms with Crippen LogP contribution in [0.15, 0.2) is 23.8 Å². The van der Waals surface area contributed by atoms with Crippen LogP contribution in [-0.4, -0.2) is 118 Å². The predicted octanol–water partition coefficient (Wildman–Crippen LogP) is 4.73. The first kappa shape index (κ1) is 40.6. The molecule has 0 bridgehead atoms. The van der Waals surface area contributed by atoms with Crippen molar-refractivity contribution in [2.45, 2.75) is 122 Å². The van der Waals surface area contributed by atoms with Crippen LogP contribution in [0.1, 0.15) is 80.1 Å². The van der Waals surface area contributed by atoms with Crippen molar-refractivity contribution in [3.63, 3.8) is 0 Å². The van der Waals surface area contributed by atoms with Gasteiger partial charge in [0.25, 0.3) is 0 Å². The summed E-state index contributed by atoms with van der Waals surface area (Å²) in [5, 5.41) is 22.4. The van der Waals surface area contributed by atoms with E-state index >= 15 is 0 Å². The van der Waals surface area contributed by atoms with Gasteiger partial charge in [-0.25, -0.2) is 12.7 Å². The topological polar surface area (TPSA) is 150 Å². The Labute approximate surface area is 300 Å². The van der Waals surface area contributed by atoms with E-state index in [1.165, 1.54) is 0 Å². The molecule has 48 heavy (non-hydrogen) atoms. The molecule has 10 atom stereocenters. The van der Waals surface area contributed by atoms with Gasteiger partial charge in [-0.05, 0) is 70.3 Å². The van der Waals surface area contributed by atoms with E-state index in [0.717, 1.165) is 37.9 Å². The van der Waals surface area contributed by atoms with Crippen LogP contribution in [-0.2, 0) is 28.5 Å². The van der Waals surface area contributed by atoms with Crippen LogP contribution in [0.2, 0.25) is 0 Å². The molecule has 12 nitrogen and oxygen atoms in total. The minimum atomic E-state index is -1.12. The lowest BCUT2D eigenvalue weighted by Gasteiger charge is -2.35. The number of hydrogen-bond acceptors (Lipinski definition) is 9. The SMILES string of the molecule is CO[C@H]([C@@H](C)[C@H]1OC1(C)C[C@H](C)/C=C/C=C(\C)[C@H]1O[C@@H](CC(=O)N[C@@H](CCCOC(=O)N2CCN(I)CC2)C(=O)O)CC[C@@H]1C)[C@@H](C)O. The van der Waals surface area contributed by atoms with E-state index in [4.69, 9.17) is 18.9 Å². The normalized spacial score (nSPS) is 29.9. The molecule has 3 heterocycles. The van der Waals surface area contributed by atoms with Gasteiger partial charge in [-0.2, -0.15) is 0 Å². The highest BCUT2D eigenvalue weighted by molar-refractivity contribution is 14.1. The number of allylic oxidation sites excluding steroid dienone is 3. The average molecular weight is 792 g/mol. The van der Waals surface area contributed by atoms with Gasteiger partial charge in [0.15, 0.2) is 0 Å². The van der Waals surface area contributed by atoms with Crippen LogP contribution in [0, 0.1) is 17.8 Å². The third-order valence-electron chi connectivity index (χ3n) is 9.85. The number of nitrogens with zero attached hydrogens (tertiary/aromatic N) is 2. The van der Waals surface area contributed by atoms with Gasteiger partial charge >= 0.3 is 12.1 Å². The van der Waals surface area contributed by atoms with Crippen molar-refractivity contribution in [2.24, 2.45) is 17.8 Å². The summed E-state index contributed by atoms with van der Waals surface area (Å²) in [6.45, 7) is 15.1. The molecule has 274 valence electrons. The zero-order valence-electron chi connectivity index (χ0n) is 29.7. The molecular formula is C35H58IN3O9. The van der Waals surface area contributed by atoms with Crippen molar-refractivity contribution >= 4 is 40.8 Å². The van der Waals surface area contributed by atoms with E-state index in [9.17, 15) is 24.6 Å².